The van der Waals surface area contributed by atoms with E-state index in [1.165, 1.54) is 13.8 Å². The monoisotopic (exact) mass is 1530 g/mol. The number of ether oxygens (including phenoxy) is 19. The summed E-state index contributed by atoms with van der Waals surface area (Å²) in [5.74, 6) is -2.73. The van der Waals surface area contributed by atoms with Gasteiger partial charge in [-0.1, -0.05) is 219 Å². The van der Waals surface area contributed by atoms with Gasteiger partial charge in [-0.15, -0.1) is 0 Å². The number of esters is 1. The summed E-state index contributed by atoms with van der Waals surface area (Å²) >= 11 is 0. The zero-order valence-corrected chi connectivity index (χ0v) is 64.5. The standard InChI is InChI=1S/C88H107NO22/c1-54-72(94-46-62-33-19-11-20-34-62)76(98-50-66-41-27-15-28-42-66)68(52-93-45-61-31-17-10-18-32-61)106-84(54)108-79-71(92)85(102-56(3)73(79)95-47-63-35-21-12-22-36-63)110-82-80(99-51-67-43-29-16-30-44-67)74(96-48-64-37-23-13-24-38-64)57(4)103-86(82)109-81-75(97-49-65-39-25-14-26-40-65)58(5)104-87(83(81)105-60(7)91)107-78-70(89-59(6)90)55(2)101-69-53-100-88(8,9)111-77(69)78/h10-44,54-58,68-87,92H,45-53H2,1-9H3,(H,89,90)/t54?,55-,56?,57?,58?,68-,69?,70?,71?,72?,73-,74-,75-,76+,77+,78+,79+,80-,81-,82?,83?,84+,85-,86-,87-/m0/s1. The van der Waals surface area contributed by atoms with Gasteiger partial charge in [-0.2, -0.15) is 0 Å². The third kappa shape index (κ3) is 21.6. The number of hydrogen-bond donors (Lipinski definition) is 2. The van der Waals surface area contributed by atoms with Gasteiger partial charge in [0.1, 0.15) is 79.4 Å². The van der Waals surface area contributed by atoms with E-state index in [9.17, 15) is 14.7 Å². The van der Waals surface area contributed by atoms with Gasteiger partial charge in [0.25, 0.3) is 0 Å². The van der Waals surface area contributed by atoms with E-state index >= 15 is 0 Å². The van der Waals surface area contributed by atoms with Crippen LogP contribution in [0.15, 0.2) is 212 Å². The Morgan fingerprint density at radius 1 is 0.396 bits per heavy atom. The van der Waals surface area contributed by atoms with Crippen molar-refractivity contribution in [3.63, 3.8) is 0 Å². The Hall–Kier alpha value is -7.28. The van der Waals surface area contributed by atoms with Crippen LogP contribution in [0.5, 0.6) is 0 Å². The molecule has 7 aromatic carbocycles. The summed E-state index contributed by atoms with van der Waals surface area (Å²) in [7, 11) is 0. The summed E-state index contributed by atoms with van der Waals surface area (Å²) in [5.41, 5.74) is 6.27. The van der Waals surface area contributed by atoms with E-state index in [0.717, 1.165) is 38.9 Å². The first kappa shape index (κ1) is 81.7. The molecular formula is C88H107NO22. The molecule has 13 rings (SSSR count). The number of fused-ring (bicyclic) bond motifs is 1. The summed E-state index contributed by atoms with van der Waals surface area (Å²) in [4.78, 5) is 27.2. The fourth-order valence-corrected chi connectivity index (χ4v) is 15.4. The number of aliphatic hydroxyl groups excluding tert-OH is 1. The van der Waals surface area contributed by atoms with E-state index in [0.29, 0.717) is 0 Å². The summed E-state index contributed by atoms with van der Waals surface area (Å²) in [5, 5.41) is 16.8. The number of aliphatic hydroxyl groups is 1. The lowest BCUT2D eigenvalue weighted by atomic mass is 9.91. The minimum absolute atomic E-state index is 0.0481. The van der Waals surface area contributed by atoms with Gasteiger partial charge < -0.3 is 100 Å². The molecule has 25 atom stereocenters. The van der Waals surface area contributed by atoms with Crippen molar-refractivity contribution in [2.45, 2.75) is 262 Å². The van der Waals surface area contributed by atoms with Crippen LogP contribution >= 0.6 is 0 Å². The molecule has 1 amide bonds. The minimum Gasteiger partial charge on any atom is -0.454 e. The summed E-state index contributed by atoms with van der Waals surface area (Å²) in [6, 6.07) is 67.7. The number of nitrogens with one attached hydrogen (secondary N) is 1. The van der Waals surface area contributed by atoms with Gasteiger partial charge in [0.15, 0.2) is 37.1 Å². The number of amides is 1. The lowest BCUT2D eigenvalue weighted by molar-refractivity contribution is -0.405. The quantitative estimate of drug-likeness (QED) is 0.0372. The predicted octanol–water partition coefficient (Wildman–Crippen LogP) is 11.6. The van der Waals surface area contributed by atoms with Crippen LogP contribution in [0.2, 0.25) is 0 Å². The topological polar surface area (TPSA) is 242 Å². The van der Waals surface area contributed by atoms with Gasteiger partial charge in [0.2, 0.25) is 5.91 Å². The normalized spacial score (nSPS) is 33.4. The molecule has 6 aliphatic heterocycles. The van der Waals surface area contributed by atoms with Crippen LogP contribution in [0.1, 0.15) is 101 Å². The Morgan fingerprint density at radius 3 is 1.22 bits per heavy atom. The molecule has 7 aromatic rings. The van der Waals surface area contributed by atoms with E-state index in [2.05, 4.69) is 5.32 Å². The van der Waals surface area contributed by atoms with Crippen LogP contribution in [-0.4, -0.2) is 183 Å². The van der Waals surface area contributed by atoms with Gasteiger partial charge in [-0.3, -0.25) is 9.59 Å². The molecule has 6 aliphatic rings. The van der Waals surface area contributed by atoms with E-state index < -0.39 is 165 Å². The van der Waals surface area contributed by atoms with Gasteiger partial charge in [-0.25, -0.2) is 0 Å². The average molecular weight is 1530 g/mol. The first-order chi connectivity index (χ1) is 53.9. The van der Waals surface area contributed by atoms with Crippen molar-refractivity contribution in [1.29, 1.82) is 0 Å². The molecule has 6 fully saturated rings. The molecule has 23 nitrogen and oxygen atoms in total. The van der Waals surface area contributed by atoms with Crippen LogP contribution in [0.4, 0.5) is 0 Å². The third-order valence-corrected chi connectivity index (χ3v) is 21.0. The van der Waals surface area contributed by atoms with Crippen LogP contribution in [0, 0.1) is 5.92 Å². The Balaban J connectivity index is 0.889. The molecule has 0 aliphatic carbocycles. The van der Waals surface area contributed by atoms with Crippen molar-refractivity contribution >= 4 is 11.9 Å². The molecule has 6 heterocycles. The highest BCUT2D eigenvalue weighted by molar-refractivity contribution is 5.73. The summed E-state index contributed by atoms with van der Waals surface area (Å²) < 4.78 is 133. The largest absolute Gasteiger partial charge is 0.454 e. The molecule has 0 aromatic heterocycles. The van der Waals surface area contributed by atoms with Crippen molar-refractivity contribution in [3.05, 3.63) is 251 Å². The van der Waals surface area contributed by atoms with Crippen molar-refractivity contribution < 1.29 is 105 Å². The molecular weight excluding hydrogens is 1420 g/mol. The zero-order valence-electron chi connectivity index (χ0n) is 64.5. The zero-order chi connectivity index (χ0) is 77.4. The van der Waals surface area contributed by atoms with Crippen molar-refractivity contribution in [1.82, 2.24) is 5.32 Å². The number of carbonyl (C=O) groups is 2. The number of hydrogen-bond acceptors (Lipinski definition) is 22. The second-order valence-corrected chi connectivity index (χ2v) is 30.0. The molecule has 0 radical (unpaired) electrons. The first-order valence-electron chi connectivity index (χ1n) is 38.8. The lowest BCUT2D eigenvalue weighted by Crippen LogP contribution is -2.70. The van der Waals surface area contributed by atoms with Crippen LogP contribution in [0.25, 0.3) is 0 Å². The van der Waals surface area contributed by atoms with Crippen molar-refractivity contribution in [2.24, 2.45) is 5.92 Å². The van der Waals surface area contributed by atoms with Gasteiger partial charge in [0.05, 0.1) is 96.0 Å². The van der Waals surface area contributed by atoms with E-state index in [1.807, 2.05) is 247 Å². The number of carbonyl (C=O) groups excluding carboxylic acids is 2. The maximum absolute atomic E-state index is 14.0. The van der Waals surface area contributed by atoms with Crippen LogP contribution < -0.4 is 5.32 Å². The second kappa shape index (κ2) is 39.2. The Kier molecular flexibility index (Phi) is 28.8. The Bertz CT molecular complexity index is 3920. The molecule has 6 saturated heterocycles. The molecule has 2 N–H and O–H groups in total. The fourth-order valence-electron chi connectivity index (χ4n) is 15.4. The minimum atomic E-state index is -1.68. The van der Waals surface area contributed by atoms with E-state index in [1.54, 1.807) is 13.8 Å². The van der Waals surface area contributed by atoms with Crippen LogP contribution in [-0.2, 0) is 146 Å². The van der Waals surface area contributed by atoms with Crippen LogP contribution in [0.3, 0.4) is 0 Å². The molecule has 0 bridgehead atoms. The van der Waals surface area contributed by atoms with Gasteiger partial charge >= 0.3 is 5.97 Å². The predicted molar refractivity (Wildman–Crippen MR) is 405 cm³/mol. The molecule has 23 heteroatoms. The third-order valence-electron chi connectivity index (χ3n) is 21.0. The molecule has 596 valence electrons. The highest BCUT2D eigenvalue weighted by Crippen LogP contribution is 2.43. The van der Waals surface area contributed by atoms with Gasteiger partial charge in [0, 0.05) is 19.8 Å². The molecule has 0 saturated carbocycles. The maximum atomic E-state index is 14.0. The van der Waals surface area contributed by atoms with E-state index in [4.69, 9.17) is 90.0 Å². The van der Waals surface area contributed by atoms with Crippen molar-refractivity contribution in [2.75, 3.05) is 13.2 Å². The number of benzene rings is 7. The summed E-state index contributed by atoms with van der Waals surface area (Å²) in [6.45, 7) is 16.9. The average Bonchev–Trinajstić information content (AvgIpc) is 0.767. The molecule has 10 unspecified atom stereocenters. The SMILES string of the molecule is CC(=O)NC1[C@H](C)OC2COC(C)(C)O[C@H]2[C@@H]1O[C@@H]1OC(C)[C@H](OCc2ccccc2)[C@H](O[C@@H]2OC(C)[C@H](OCc3ccccc3)[C@H](OCc3ccccc3)C2O[C@@H]2OC(C)[C@H](OCc3ccccc3)[C@H](O[C@H]3O[C@@H](COCc4ccccc4)[C@@H](OCc4ccccc4)C(OCc4ccccc4)C3C)C2O)C1OC(C)=O. The van der Waals surface area contributed by atoms with E-state index in [-0.39, 0.29) is 65.4 Å². The Morgan fingerprint density at radius 2 is 0.766 bits per heavy atom. The fraction of sp³-hybridized carbons (Fsp3) is 0.500. The highest BCUT2D eigenvalue weighted by Gasteiger charge is 2.60. The van der Waals surface area contributed by atoms with Gasteiger partial charge in [-0.05, 0) is 80.5 Å². The first-order valence-corrected chi connectivity index (χ1v) is 38.8. The summed E-state index contributed by atoms with van der Waals surface area (Å²) in [6.07, 6.45) is -24.7. The molecule has 0 spiro atoms. The number of rotatable bonds is 32. The smallest absolute Gasteiger partial charge is 0.303 e. The van der Waals surface area contributed by atoms with Crippen molar-refractivity contribution in [3.8, 4) is 0 Å². The molecule has 111 heavy (non-hydrogen) atoms. The second-order valence-electron chi connectivity index (χ2n) is 30.0. The maximum Gasteiger partial charge on any atom is 0.303 e. The Labute approximate surface area is 650 Å². The lowest BCUT2D eigenvalue weighted by Gasteiger charge is -2.53. The highest BCUT2D eigenvalue weighted by atomic mass is 16.8.